The molecule has 86 valence electrons. The van der Waals surface area contributed by atoms with Crippen LogP contribution in [0.4, 0.5) is 0 Å². The predicted molar refractivity (Wildman–Crippen MR) is 59.9 cm³/mol. The summed E-state index contributed by atoms with van der Waals surface area (Å²) in [5.74, 6) is -0.175. The van der Waals surface area contributed by atoms with Gasteiger partial charge in [0.2, 0.25) is 5.91 Å². The third kappa shape index (κ3) is 4.08. The Hall–Kier alpha value is -1.91. The van der Waals surface area contributed by atoms with Gasteiger partial charge in [-0.2, -0.15) is 0 Å². The third-order valence-electron chi connectivity index (χ3n) is 2.00. The van der Waals surface area contributed by atoms with Crippen molar-refractivity contribution in [1.29, 1.82) is 0 Å². The van der Waals surface area contributed by atoms with Crippen LogP contribution in [0.2, 0.25) is 0 Å². The van der Waals surface area contributed by atoms with Gasteiger partial charge in [-0.3, -0.25) is 14.6 Å². The summed E-state index contributed by atoms with van der Waals surface area (Å²) in [5, 5.41) is 5.37. The van der Waals surface area contributed by atoms with E-state index in [-0.39, 0.29) is 11.8 Å². The molecular formula is C11H15N3O2. The average molecular weight is 221 g/mol. The summed E-state index contributed by atoms with van der Waals surface area (Å²) in [6.07, 6.45) is 3.58. The number of nitrogens with one attached hydrogen (secondary N) is 2. The summed E-state index contributed by atoms with van der Waals surface area (Å²) in [6.45, 7) is 2.65. The Morgan fingerprint density at radius 1 is 1.19 bits per heavy atom. The molecular weight excluding hydrogens is 206 g/mol. The SMILES string of the molecule is CCC(=O)NCCNC(=O)c1ccncc1. The third-order valence-corrected chi connectivity index (χ3v) is 2.00. The molecule has 1 aromatic rings. The van der Waals surface area contributed by atoms with Crippen molar-refractivity contribution in [2.75, 3.05) is 13.1 Å². The zero-order valence-corrected chi connectivity index (χ0v) is 9.19. The number of hydrogen-bond acceptors (Lipinski definition) is 3. The van der Waals surface area contributed by atoms with Crippen molar-refractivity contribution in [1.82, 2.24) is 15.6 Å². The predicted octanol–water partition coefficient (Wildman–Crippen LogP) is 0.338. The van der Waals surface area contributed by atoms with E-state index in [2.05, 4.69) is 15.6 Å². The van der Waals surface area contributed by atoms with Crippen molar-refractivity contribution >= 4 is 11.8 Å². The van der Waals surface area contributed by atoms with E-state index in [4.69, 9.17) is 0 Å². The Morgan fingerprint density at radius 3 is 2.44 bits per heavy atom. The number of carbonyl (C=O) groups is 2. The fraction of sp³-hybridized carbons (Fsp3) is 0.364. The average Bonchev–Trinajstić information content (AvgIpc) is 2.35. The number of amides is 2. The lowest BCUT2D eigenvalue weighted by Crippen LogP contribution is -2.34. The van der Waals surface area contributed by atoms with Gasteiger partial charge in [-0.1, -0.05) is 6.92 Å². The molecule has 5 nitrogen and oxygen atoms in total. The summed E-state index contributed by atoms with van der Waals surface area (Å²) in [4.78, 5) is 26.2. The van der Waals surface area contributed by atoms with Crippen LogP contribution < -0.4 is 10.6 Å². The minimum Gasteiger partial charge on any atom is -0.354 e. The molecule has 0 bridgehead atoms. The zero-order chi connectivity index (χ0) is 11.8. The standard InChI is InChI=1S/C11H15N3O2/c1-2-10(15)13-7-8-14-11(16)9-3-5-12-6-4-9/h3-6H,2,7-8H2,1H3,(H,13,15)(H,14,16). The first-order chi connectivity index (χ1) is 7.74. The second-order valence-corrected chi connectivity index (χ2v) is 3.20. The topological polar surface area (TPSA) is 71.1 Å². The van der Waals surface area contributed by atoms with Gasteiger partial charge in [-0.25, -0.2) is 0 Å². The maximum Gasteiger partial charge on any atom is 0.251 e. The smallest absolute Gasteiger partial charge is 0.251 e. The molecule has 16 heavy (non-hydrogen) atoms. The van der Waals surface area contributed by atoms with E-state index in [0.29, 0.717) is 25.1 Å². The first-order valence-electron chi connectivity index (χ1n) is 5.19. The zero-order valence-electron chi connectivity index (χ0n) is 9.19. The molecule has 0 aliphatic heterocycles. The van der Waals surface area contributed by atoms with E-state index in [1.165, 1.54) is 0 Å². The Balaban J connectivity index is 2.24. The van der Waals surface area contributed by atoms with E-state index in [1.807, 2.05) is 0 Å². The number of rotatable bonds is 5. The van der Waals surface area contributed by atoms with Gasteiger partial charge >= 0.3 is 0 Å². The van der Waals surface area contributed by atoms with Gasteiger partial charge in [-0.05, 0) is 12.1 Å². The first kappa shape index (κ1) is 12.2. The molecule has 1 aromatic heterocycles. The number of pyridine rings is 1. The van der Waals surface area contributed by atoms with Crippen LogP contribution in [0.3, 0.4) is 0 Å². The van der Waals surface area contributed by atoms with Crippen LogP contribution in [0.15, 0.2) is 24.5 Å². The number of aromatic nitrogens is 1. The number of nitrogens with zero attached hydrogens (tertiary/aromatic N) is 1. The second-order valence-electron chi connectivity index (χ2n) is 3.20. The molecule has 5 heteroatoms. The molecule has 0 aromatic carbocycles. The fourth-order valence-corrected chi connectivity index (χ4v) is 1.11. The fourth-order valence-electron chi connectivity index (χ4n) is 1.11. The van der Waals surface area contributed by atoms with Crippen molar-refractivity contribution < 1.29 is 9.59 Å². The second kappa shape index (κ2) is 6.55. The largest absolute Gasteiger partial charge is 0.354 e. The van der Waals surface area contributed by atoms with Crippen LogP contribution in [0.1, 0.15) is 23.7 Å². The Labute approximate surface area is 94.3 Å². The molecule has 2 N–H and O–H groups in total. The molecule has 2 amide bonds. The summed E-state index contributed by atoms with van der Waals surface area (Å²) in [6, 6.07) is 3.28. The highest BCUT2D eigenvalue weighted by atomic mass is 16.2. The Bertz CT molecular complexity index is 352. The monoisotopic (exact) mass is 221 g/mol. The molecule has 0 unspecified atom stereocenters. The molecule has 0 saturated heterocycles. The van der Waals surface area contributed by atoms with Crippen molar-refractivity contribution in [3.8, 4) is 0 Å². The van der Waals surface area contributed by atoms with E-state index < -0.39 is 0 Å². The van der Waals surface area contributed by atoms with Crippen molar-refractivity contribution in [2.24, 2.45) is 0 Å². The van der Waals surface area contributed by atoms with E-state index in [9.17, 15) is 9.59 Å². The lowest BCUT2D eigenvalue weighted by atomic mass is 10.2. The minimum atomic E-state index is -0.159. The summed E-state index contributed by atoms with van der Waals surface area (Å²) in [5.41, 5.74) is 0.566. The molecule has 0 radical (unpaired) electrons. The van der Waals surface area contributed by atoms with Crippen molar-refractivity contribution in [3.05, 3.63) is 30.1 Å². The first-order valence-corrected chi connectivity index (χ1v) is 5.19. The highest BCUT2D eigenvalue weighted by molar-refractivity contribution is 5.93. The van der Waals surface area contributed by atoms with Gasteiger partial charge in [0.1, 0.15) is 0 Å². The van der Waals surface area contributed by atoms with Crippen molar-refractivity contribution in [3.63, 3.8) is 0 Å². The van der Waals surface area contributed by atoms with Crippen LogP contribution in [0, 0.1) is 0 Å². The quantitative estimate of drug-likeness (QED) is 0.704. The van der Waals surface area contributed by atoms with Gasteiger partial charge in [0.25, 0.3) is 5.91 Å². The summed E-state index contributed by atoms with van der Waals surface area (Å²) >= 11 is 0. The van der Waals surface area contributed by atoms with E-state index in [1.54, 1.807) is 31.5 Å². The molecule has 0 spiro atoms. The number of hydrogen-bond donors (Lipinski definition) is 2. The van der Waals surface area contributed by atoms with Gasteiger partial charge in [0.05, 0.1) is 0 Å². The van der Waals surface area contributed by atoms with Crippen LogP contribution in [-0.2, 0) is 4.79 Å². The molecule has 1 rings (SSSR count). The Kier molecular flexibility index (Phi) is 4.98. The van der Waals surface area contributed by atoms with Crippen molar-refractivity contribution in [2.45, 2.75) is 13.3 Å². The Morgan fingerprint density at radius 2 is 1.81 bits per heavy atom. The molecule has 1 heterocycles. The maximum absolute atomic E-state index is 11.5. The van der Waals surface area contributed by atoms with Crippen LogP contribution in [-0.4, -0.2) is 29.9 Å². The summed E-state index contributed by atoms with van der Waals surface area (Å²) in [7, 11) is 0. The highest BCUT2D eigenvalue weighted by Gasteiger charge is 2.03. The lowest BCUT2D eigenvalue weighted by Gasteiger charge is -2.05. The molecule has 0 saturated carbocycles. The molecule has 0 fully saturated rings. The van der Waals surface area contributed by atoms with Crippen LogP contribution >= 0.6 is 0 Å². The molecule has 0 atom stereocenters. The number of carbonyl (C=O) groups excluding carboxylic acids is 2. The van der Waals surface area contributed by atoms with Gasteiger partial charge in [0, 0.05) is 37.5 Å². The minimum absolute atomic E-state index is 0.0156. The maximum atomic E-state index is 11.5. The summed E-state index contributed by atoms with van der Waals surface area (Å²) < 4.78 is 0. The van der Waals surface area contributed by atoms with Gasteiger partial charge in [0.15, 0.2) is 0 Å². The van der Waals surface area contributed by atoms with Crippen LogP contribution in [0.5, 0.6) is 0 Å². The molecule has 0 aliphatic carbocycles. The van der Waals surface area contributed by atoms with Gasteiger partial charge in [-0.15, -0.1) is 0 Å². The van der Waals surface area contributed by atoms with E-state index in [0.717, 1.165) is 0 Å². The highest BCUT2D eigenvalue weighted by Crippen LogP contribution is 1.94. The normalized spacial score (nSPS) is 9.56. The lowest BCUT2D eigenvalue weighted by molar-refractivity contribution is -0.120. The van der Waals surface area contributed by atoms with Gasteiger partial charge < -0.3 is 10.6 Å². The van der Waals surface area contributed by atoms with E-state index >= 15 is 0 Å². The van der Waals surface area contributed by atoms with Crippen LogP contribution in [0.25, 0.3) is 0 Å². The molecule has 0 aliphatic rings.